The van der Waals surface area contributed by atoms with Crippen molar-refractivity contribution in [3.05, 3.63) is 39.5 Å². The molecular formula is C15H15N3O2S3. The Kier molecular flexibility index (Phi) is 4.74. The number of rotatable bonds is 4. The van der Waals surface area contributed by atoms with Crippen molar-refractivity contribution in [1.29, 1.82) is 0 Å². The van der Waals surface area contributed by atoms with Crippen LogP contribution in [-0.4, -0.2) is 22.6 Å². The molecule has 0 amide bonds. The van der Waals surface area contributed by atoms with Gasteiger partial charge in [0.2, 0.25) is 0 Å². The van der Waals surface area contributed by atoms with E-state index in [1.165, 1.54) is 0 Å². The zero-order chi connectivity index (χ0) is 16.4. The van der Waals surface area contributed by atoms with Gasteiger partial charge in [0.25, 0.3) is 0 Å². The molecule has 0 atom stereocenters. The van der Waals surface area contributed by atoms with E-state index in [0.29, 0.717) is 17.2 Å². The van der Waals surface area contributed by atoms with Crippen LogP contribution in [0.25, 0.3) is 9.75 Å². The summed E-state index contributed by atoms with van der Waals surface area (Å²) in [4.78, 5) is 19.7. The van der Waals surface area contributed by atoms with Gasteiger partial charge in [-0.25, -0.2) is 9.78 Å². The summed E-state index contributed by atoms with van der Waals surface area (Å²) in [7, 11) is 0. The molecule has 0 spiro atoms. The summed E-state index contributed by atoms with van der Waals surface area (Å²) in [5.74, 6) is -0.325. The second-order valence-corrected chi connectivity index (χ2v) is 7.81. The van der Waals surface area contributed by atoms with Gasteiger partial charge in [0.15, 0.2) is 5.11 Å². The third-order valence-corrected chi connectivity index (χ3v) is 5.71. The second kappa shape index (κ2) is 6.77. The average Bonchev–Trinajstić information content (AvgIpc) is 3.13. The Morgan fingerprint density at radius 1 is 1.35 bits per heavy atom. The maximum atomic E-state index is 12.2. The van der Waals surface area contributed by atoms with E-state index >= 15 is 0 Å². The number of esters is 1. The number of nitrogens with one attached hydrogen (secondary N) is 2. The van der Waals surface area contributed by atoms with E-state index in [1.54, 1.807) is 22.7 Å². The number of allylic oxidation sites excluding steroid dienone is 1. The van der Waals surface area contributed by atoms with Crippen LogP contribution in [-0.2, 0) is 16.1 Å². The van der Waals surface area contributed by atoms with Crippen LogP contribution in [0.3, 0.4) is 0 Å². The number of thiazole rings is 1. The average molecular weight is 366 g/mol. The molecule has 120 valence electrons. The van der Waals surface area contributed by atoms with Gasteiger partial charge in [0.05, 0.1) is 22.0 Å². The van der Waals surface area contributed by atoms with Crippen molar-refractivity contribution < 1.29 is 9.53 Å². The number of ether oxygens (including phenoxy) is 1. The quantitative estimate of drug-likeness (QED) is 0.642. The molecule has 8 heteroatoms. The number of hydrogen-bond donors (Lipinski definition) is 2. The van der Waals surface area contributed by atoms with Gasteiger partial charge in [-0.3, -0.25) is 0 Å². The molecular weight excluding hydrogens is 350 g/mol. The van der Waals surface area contributed by atoms with Crippen LogP contribution in [0.1, 0.15) is 16.8 Å². The fourth-order valence-electron chi connectivity index (χ4n) is 2.10. The minimum Gasteiger partial charge on any atom is -0.457 e. The molecule has 0 aromatic carbocycles. The van der Waals surface area contributed by atoms with E-state index in [-0.39, 0.29) is 12.6 Å². The molecule has 1 aliphatic rings. The summed E-state index contributed by atoms with van der Waals surface area (Å²) < 4.78 is 5.41. The molecule has 0 aliphatic carbocycles. The molecule has 23 heavy (non-hydrogen) atoms. The first-order valence-corrected chi connectivity index (χ1v) is 9.00. The lowest BCUT2D eigenvalue weighted by Crippen LogP contribution is -2.42. The van der Waals surface area contributed by atoms with Crippen LogP contribution in [0.4, 0.5) is 0 Å². The van der Waals surface area contributed by atoms with E-state index < -0.39 is 0 Å². The van der Waals surface area contributed by atoms with Crippen molar-refractivity contribution in [2.75, 3.05) is 6.54 Å². The van der Waals surface area contributed by atoms with Gasteiger partial charge in [-0.15, -0.1) is 22.7 Å². The highest BCUT2D eigenvalue weighted by Crippen LogP contribution is 2.32. The van der Waals surface area contributed by atoms with E-state index in [4.69, 9.17) is 17.0 Å². The highest BCUT2D eigenvalue weighted by molar-refractivity contribution is 7.80. The number of nitrogens with zero attached hydrogens (tertiary/aromatic N) is 1. The molecule has 0 fully saturated rings. The number of carbonyl (C=O) groups is 1. The first-order valence-electron chi connectivity index (χ1n) is 6.96. The van der Waals surface area contributed by atoms with E-state index in [9.17, 15) is 4.79 Å². The van der Waals surface area contributed by atoms with Gasteiger partial charge in [0, 0.05) is 21.6 Å². The lowest BCUT2D eigenvalue weighted by molar-refractivity contribution is -0.140. The molecule has 2 aromatic rings. The maximum Gasteiger partial charge on any atom is 0.337 e. The second-order valence-electron chi connectivity index (χ2n) is 5.00. The number of thiocarbonyl (C=S) groups is 1. The predicted octanol–water partition coefficient (Wildman–Crippen LogP) is 2.97. The van der Waals surface area contributed by atoms with Crippen molar-refractivity contribution in [3.8, 4) is 9.75 Å². The number of aromatic nitrogens is 1. The van der Waals surface area contributed by atoms with Gasteiger partial charge in [-0.2, -0.15) is 0 Å². The summed E-state index contributed by atoms with van der Waals surface area (Å²) >= 11 is 8.27. The van der Waals surface area contributed by atoms with Crippen LogP contribution in [0, 0.1) is 6.92 Å². The van der Waals surface area contributed by atoms with Crippen LogP contribution in [0.15, 0.2) is 29.6 Å². The summed E-state index contributed by atoms with van der Waals surface area (Å²) in [6.45, 7) is 4.46. The number of carbonyl (C=O) groups excluding carboxylic acids is 1. The lowest BCUT2D eigenvalue weighted by Gasteiger charge is -2.20. The number of aryl methyl sites for hydroxylation is 1. The molecule has 1 aliphatic heterocycles. The molecule has 0 saturated carbocycles. The highest BCUT2D eigenvalue weighted by Gasteiger charge is 2.20. The normalized spacial score (nSPS) is 14.4. The minimum absolute atomic E-state index is 0.266. The highest BCUT2D eigenvalue weighted by atomic mass is 32.1. The first-order chi connectivity index (χ1) is 11.0. The molecule has 3 rings (SSSR count). The Balaban J connectivity index is 1.63. The monoisotopic (exact) mass is 365 g/mol. The van der Waals surface area contributed by atoms with Crippen molar-refractivity contribution >= 4 is 46.0 Å². The maximum absolute atomic E-state index is 12.2. The van der Waals surface area contributed by atoms with Gasteiger partial charge >= 0.3 is 5.97 Å². The van der Waals surface area contributed by atoms with Crippen LogP contribution < -0.4 is 10.6 Å². The summed E-state index contributed by atoms with van der Waals surface area (Å²) in [6, 6.07) is 4.02. The molecule has 0 unspecified atom stereocenters. The lowest BCUT2D eigenvalue weighted by atomic mass is 10.2. The molecule has 0 bridgehead atoms. The van der Waals surface area contributed by atoms with Crippen molar-refractivity contribution in [2.24, 2.45) is 0 Å². The fourth-order valence-corrected chi connectivity index (χ4v) is 4.10. The fraction of sp³-hybridized carbons (Fsp3) is 0.267. The number of hydrogen-bond acceptors (Lipinski definition) is 6. The van der Waals surface area contributed by atoms with Gasteiger partial charge < -0.3 is 15.4 Å². The smallest absolute Gasteiger partial charge is 0.337 e. The topological polar surface area (TPSA) is 63.2 Å². The Morgan fingerprint density at radius 3 is 2.87 bits per heavy atom. The largest absolute Gasteiger partial charge is 0.457 e. The Hall–Kier alpha value is -1.77. The third kappa shape index (κ3) is 3.77. The Labute approximate surface area is 147 Å². The Morgan fingerprint density at radius 2 is 2.17 bits per heavy atom. The standard InChI is InChI=1S/C15H15N3O2S3/c1-8-11(5-17-15(21)18-8)14(19)20-7-10-3-4-12(23-10)13-6-16-9(2)22-13/h3-4,6H,5,7H2,1-2H3,(H2,17,18,21). The van der Waals surface area contributed by atoms with Gasteiger partial charge in [-0.1, -0.05) is 0 Å². The zero-order valence-corrected chi connectivity index (χ0v) is 15.1. The first kappa shape index (κ1) is 16.1. The van der Waals surface area contributed by atoms with Crippen LogP contribution in [0.5, 0.6) is 0 Å². The molecule has 5 nitrogen and oxygen atoms in total. The zero-order valence-electron chi connectivity index (χ0n) is 12.6. The van der Waals surface area contributed by atoms with E-state index in [2.05, 4.69) is 15.6 Å². The SMILES string of the molecule is CC1=C(C(=O)OCc2ccc(-c3cnc(C)s3)s2)CNC(=S)N1. The van der Waals surface area contributed by atoms with Crippen molar-refractivity contribution in [2.45, 2.75) is 20.5 Å². The van der Waals surface area contributed by atoms with Crippen molar-refractivity contribution in [3.63, 3.8) is 0 Å². The summed E-state index contributed by atoms with van der Waals surface area (Å²) in [5.41, 5.74) is 1.32. The van der Waals surface area contributed by atoms with Crippen LogP contribution >= 0.6 is 34.9 Å². The van der Waals surface area contributed by atoms with Gasteiger partial charge in [-0.05, 0) is 38.2 Å². The van der Waals surface area contributed by atoms with Crippen LogP contribution in [0.2, 0.25) is 0 Å². The summed E-state index contributed by atoms with van der Waals surface area (Å²) in [5, 5.41) is 7.43. The number of thiophene rings is 1. The molecule has 0 saturated heterocycles. The van der Waals surface area contributed by atoms with Gasteiger partial charge in [0.1, 0.15) is 6.61 Å². The summed E-state index contributed by atoms with van der Waals surface area (Å²) in [6.07, 6.45) is 1.87. The molecule has 3 heterocycles. The molecule has 0 radical (unpaired) electrons. The minimum atomic E-state index is -0.325. The van der Waals surface area contributed by atoms with E-state index in [1.807, 2.05) is 32.2 Å². The predicted molar refractivity (Wildman–Crippen MR) is 96.4 cm³/mol. The third-order valence-electron chi connectivity index (χ3n) is 3.30. The molecule has 2 aromatic heterocycles. The van der Waals surface area contributed by atoms with Crippen molar-refractivity contribution in [1.82, 2.24) is 15.6 Å². The molecule has 2 N–H and O–H groups in total. The Bertz CT molecular complexity index is 791. The van der Waals surface area contributed by atoms with E-state index in [0.717, 1.165) is 25.3 Å².